The van der Waals surface area contributed by atoms with Gasteiger partial charge < -0.3 is 15.5 Å². The molecule has 21 heavy (non-hydrogen) atoms. The molecule has 6 nitrogen and oxygen atoms in total. The molecule has 116 valence electrons. The Kier molecular flexibility index (Phi) is 4.34. The van der Waals surface area contributed by atoms with E-state index >= 15 is 0 Å². The van der Waals surface area contributed by atoms with Crippen molar-refractivity contribution in [1.29, 1.82) is 0 Å². The molecule has 1 unspecified atom stereocenters. The summed E-state index contributed by atoms with van der Waals surface area (Å²) in [5.41, 5.74) is -0.0988. The summed E-state index contributed by atoms with van der Waals surface area (Å²) in [6.07, 6.45) is 0.948. The highest BCUT2D eigenvalue weighted by atomic mass is 16.1. The molecule has 0 radical (unpaired) electrons. The van der Waals surface area contributed by atoms with E-state index in [2.05, 4.69) is 41.3 Å². The van der Waals surface area contributed by atoms with E-state index in [1.807, 2.05) is 13.1 Å². The van der Waals surface area contributed by atoms with Crippen LogP contribution in [0, 0.1) is 0 Å². The Hall–Kier alpha value is -1.85. The number of aromatic nitrogens is 2. The monoisotopic (exact) mass is 291 g/mol. The number of nitrogens with one attached hydrogen (secondary N) is 2. The summed E-state index contributed by atoms with van der Waals surface area (Å²) in [6, 6.07) is 2.17. The van der Waals surface area contributed by atoms with Gasteiger partial charge in [0.05, 0.1) is 0 Å². The van der Waals surface area contributed by atoms with Crippen molar-refractivity contribution >= 4 is 17.5 Å². The molecule has 0 aromatic carbocycles. The maximum atomic E-state index is 11.2. The van der Waals surface area contributed by atoms with Crippen molar-refractivity contribution < 1.29 is 4.79 Å². The van der Waals surface area contributed by atoms with E-state index in [0.717, 1.165) is 37.0 Å². The van der Waals surface area contributed by atoms with E-state index in [1.54, 1.807) is 6.92 Å². The Morgan fingerprint density at radius 3 is 2.67 bits per heavy atom. The fraction of sp³-hybridized carbons (Fsp3) is 0.667. The highest BCUT2D eigenvalue weighted by Gasteiger charge is 2.26. The van der Waals surface area contributed by atoms with Crippen molar-refractivity contribution in [2.45, 2.75) is 45.6 Å². The molecule has 1 aliphatic rings. The first-order valence-corrected chi connectivity index (χ1v) is 7.39. The van der Waals surface area contributed by atoms with Crippen molar-refractivity contribution in [3.63, 3.8) is 0 Å². The maximum Gasteiger partial charge on any atom is 0.217 e. The highest BCUT2D eigenvalue weighted by Crippen LogP contribution is 2.26. The van der Waals surface area contributed by atoms with Crippen LogP contribution in [0.25, 0.3) is 0 Å². The minimum atomic E-state index is -0.0988. The Bertz CT molecular complexity index is 523. The summed E-state index contributed by atoms with van der Waals surface area (Å²) >= 11 is 0. The predicted octanol–water partition coefficient (Wildman–Crippen LogP) is 1.53. The van der Waals surface area contributed by atoms with E-state index in [1.165, 1.54) is 0 Å². The van der Waals surface area contributed by atoms with Crippen LogP contribution in [0.1, 0.15) is 39.9 Å². The Morgan fingerprint density at radius 2 is 2.10 bits per heavy atom. The fourth-order valence-electron chi connectivity index (χ4n) is 2.43. The highest BCUT2D eigenvalue weighted by molar-refractivity contribution is 5.73. The second kappa shape index (κ2) is 5.87. The quantitative estimate of drug-likeness (QED) is 0.884. The Balaban J connectivity index is 2.22. The van der Waals surface area contributed by atoms with Gasteiger partial charge >= 0.3 is 0 Å². The number of nitrogens with zero attached hydrogens (tertiary/aromatic N) is 3. The van der Waals surface area contributed by atoms with Crippen LogP contribution in [0.4, 0.5) is 11.6 Å². The zero-order valence-electron chi connectivity index (χ0n) is 13.5. The largest absolute Gasteiger partial charge is 0.373 e. The van der Waals surface area contributed by atoms with Crippen LogP contribution in [0.15, 0.2) is 6.07 Å². The zero-order valence-corrected chi connectivity index (χ0v) is 13.5. The minimum absolute atomic E-state index is 0.0239. The number of anilines is 2. The number of carbonyl (C=O) groups excluding carboxylic acids is 1. The van der Waals surface area contributed by atoms with Crippen molar-refractivity contribution in [3.8, 4) is 0 Å². The van der Waals surface area contributed by atoms with E-state index < -0.39 is 0 Å². The van der Waals surface area contributed by atoms with Crippen molar-refractivity contribution in [2.24, 2.45) is 0 Å². The van der Waals surface area contributed by atoms with Crippen molar-refractivity contribution in [3.05, 3.63) is 11.9 Å². The van der Waals surface area contributed by atoms with Gasteiger partial charge in [-0.3, -0.25) is 4.79 Å². The van der Waals surface area contributed by atoms with Crippen molar-refractivity contribution in [1.82, 2.24) is 15.3 Å². The van der Waals surface area contributed by atoms with Gasteiger partial charge in [0, 0.05) is 44.6 Å². The van der Waals surface area contributed by atoms with Gasteiger partial charge in [-0.1, -0.05) is 20.8 Å². The van der Waals surface area contributed by atoms with E-state index in [0.29, 0.717) is 0 Å². The van der Waals surface area contributed by atoms with Gasteiger partial charge in [0.1, 0.15) is 17.5 Å². The molecular weight excluding hydrogens is 266 g/mol. The summed E-state index contributed by atoms with van der Waals surface area (Å²) < 4.78 is 0. The van der Waals surface area contributed by atoms with Crippen LogP contribution in [-0.2, 0) is 10.2 Å². The fourth-order valence-corrected chi connectivity index (χ4v) is 2.43. The number of carbonyl (C=O) groups is 1. The number of hydrogen-bond acceptors (Lipinski definition) is 5. The average Bonchev–Trinajstić information content (AvgIpc) is 2.84. The minimum Gasteiger partial charge on any atom is -0.373 e. The standard InChI is InChI=1S/C15H25N5O/c1-10(21)17-11-6-7-20(9-11)13-8-12(16-5)18-14(19-13)15(2,3)4/h8,11H,6-7,9H2,1-5H3,(H,17,21)(H,16,18,19). The van der Waals surface area contributed by atoms with Gasteiger partial charge in [-0.15, -0.1) is 0 Å². The molecule has 1 atom stereocenters. The van der Waals surface area contributed by atoms with E-state index in [9.17, 15) is 4.79 Å². The first-order chi connectivity index (χ1) is 9.79. The average molecular weight is 291 g/mol. The molecule has 0 spiro atoms. The topological polar surface area (TPSA) is 70.2 Å². The third-order valence-electron chi connectivity index (χ3n) is 3.56. The second-order valence-corrected chi connectivity index (χ2v) is 6.57. The summed E-state index contributed by atoms with van der Waals surface area (Å²) in [6.45, 7) is 9.57. The van der Waals surface area contributed by atoms with Crippen LogP contribution in [0.2, 0.25) is 0 Å². The molecule has 2 heterocycles. The first-order valence-electron chi connectivity index (χ1n) is 7.39. The lowest BCUT2D eigenvalue weighted by molar-refractivity contribution is -0.119. The lowest BCUT2D eigenvalue weighted by atomic mass is 9.96. The van der Waals surface area contributed by atoms with Gasteiger partial charge in [0.25, 0.3) is 0 Å². The van der Waals surface area contributed by atoms with Gasteiger partial charge in [-0.05, 0) is 6.42 Å². The molecule has 0 saturated carbocycles. The van der Waals surface area contributed by atoms with Gasteiger partial charge in [-0.25, -0.2) is 9.97 Å². The van der Waals surface area contributed by atoms with Crippen LogP contribution >= 0.6 is 0 Å². The van der Waals surface area contributed by atoms with Crippen LogP contribution in [0.3, 0.4) is 0 Å². The van der Waals surface area contributed by atoms with Crippen LogP contribution in [0.5, 0.6) is 0 Å². The van der Waals surface area contributed by atoms with Gasteiger partial charge in [0.15, 0.2) is 0 Å². The van der Waals surface area contributed by atoms with Crippen molar-refractivity contribution in [2.75, 3.05) is 30.4 Å². The smallest absolute Gasteiger partial charge is 0.217 e. The van der Waals surface area contributed by atoms with Crippen LogP contribution in [-0.4, -0.2) is 42.1 Å². The van der Waals surface area contributed by atoms with Crippen LogP contribution < -0.4 is 15.5 Å². The summed E-state index contributed by atoms with van der Waals surface area (Å²) in [5.74, 6) is 2.60. The second-order valence-electron chi connectivity index (χ2n) is 6.57. The third-order valence-corrected chi connectivity index (χ3v) is 3.56. The molecule has 1 aromatic rings. The third kappa shape index (κ3) is 3.83. The molecule has 0 bridgehead atoms. The number of hydrogen-bond donors (Lipinski definition) is 2. The molecule has 1 amide bonds. The number of amides is 1. The molecule has 2 rings (SSSR count). The molecule has 0 aliphatic carbocycles. The van der Waals surface area contributed by atoms with E-state index in [4.69, 9.17) is 4.98 Å². The summed E-state index contributed by atoms with van der Waals surface area (Å²) in [5, 5.41) is 6.07. The molecule has 1 fully saturated rings. The molecule has 1 aromatic heterocycles. The molecule has 1 aliphatic heterocycles. The summed E-state index contributed by atoms with van der Waals surface area (Å²) in [7, 11) is 1.86. The lowest BCUT2D eigenvalue weighted by Gasteiger charge is -2.23. The molecule has 1 saturated heterocycles. The molecule has 6 heteroatoms. The van der Waals surface area contributed by atoms with Gasteiger partial charge in [-0.2, -0.15) is 0 Å². The maximum absolute atomic E-state index is 11.2. The SMILES string of the molecule is CNc1cc(N2CCC(NC(C)=O)C2)nc(C(C)(C)C)n1. The molecule has 2 N–H and O–H groups in total. The van der Waals surface area contributed by atoms with E-state index in [-0.39, 0.29) is 17.4 Å². The predicted molar refractivity (Wildman–Crippen MR) is 84.7 cm³/mol. The normalized spacial score (nSPS) is 18.7. The first kappa shape index (κ1) is 15.5. The zero-order chi connectivity index (χ0) is 15.6. The van der Waals surface area contributed by atoms with Gasteiger partial charge in [0.2, 0.25) is 5.91 Å². The lowest BCUT2D eigenvalue weighted by Crippen LogP contribution is -2.35. The molecular formula is C15H25N5O. The Labute approximate surface area is 126 Å². The summed E-state index contributed by atoms with van der Waals surface area (Å²) in [4.78, 5) is 22.6. The number of rotatable bonds is 3. The Morgan fingerprint density at radius 1 is 1.38 bits per heavy atom.